The van der Waals surface area contributed by atoms with Gasteiger partial charge in [0.05, 0.1) is 4.99 Å². The first-order chi connectivity index (χ1) is 12.2. The number of unbranched alkanes of at least 4 members (excludes halogenated alkanes) is 11. The number of thiocarbonyl (C=S) groups is 1. The molecule has 0 atom stereocenters. The minimum absolute atomic E-state index is 0.972. The third-order valence-electron chi connectivity index (χ3n) is 4.66. The number of nitrogens with one attached hydrogen (secondary N) is 2. The van der Waals surface area contributed by atoms with Gasteiger partial charge in [0.2, 0.25) is 0 Å². The Balaban J connectivity index is 3.21. The highest BCUT2D eigenvalue weighted by Crippen LogP contribution is 2.12. The average molecular weight is 369 g/mol. The van der Waals surface area contributed by atoms with Crippen molar-refractivity contribution in [1.82, 2.24) is 10.6 Å². The molecule has 0 aromatic rings. The van der Waals surface area contributed by atoms with Crippen LogP contribution in [0.4, 0.5) is 0 Å². The summed E-state index contributed by atoms with van der Waals surface area (Å²) in [6.07, 6.45) is 19.8. The lowest BCUT2D eigenvalue weighted by Crippen LogP contribution is -2.22. The molecule has 2 nitrogen and oxygen atoms in total. The molecule has 0 unspecified atom stereocenters. The second kappa shape index (κ2) is 19.8. The summed E-state index contributed by atoms with van der Waals surface area (Å²) in [6, 6.07) is 0. The molecule has 0 heterocycles. The zero-order valence-electron chi connectivity index (χ0n) is 17.1. The summed E-state index contributed by atoms with van der Waals surface area (Å²) in [7, 11) is 0. The first-order valence-corrected chi connectivity index (χ1v) is 11.3. The van der Waals surface area contributed by atoms with Crippen LogP contribution in [0.3, 0.4) is 0 Å². The fourth-order valence-corrected chi connectivity index (χ4v) is 3.31. The van der Waals surface area contributed by atoms with Crippen LogP contribution < -0.4 is 10.6 Å². The number of allylic oxidation sites excluding steroid dienone is 1. The van der Waals surface area contributed by atoms with Gasteiger partial charge in [-0.3, -0.25) is 0 Å². The minimum atomic E-state index is 0.972. The highest BCUT2D eigenvalue weighted by molar-refractivity contribution is 7.80. The normalized spacial score (nSPS) is 10.6. The molecular formula is C22H44N2S. The predicted octanol–water partition coefficient (Wildman–Crippen LogP) is 6.90. The van der Waals surface area contributed by atoms with Gasteiger partial charge in [-0.05, 0) is 39.0 Å². The Kier molecular flexibility index (Phi) is 19.3. The van der Waals surface area contributed by atoms with Crippen LogP contribution in [0.1, 0.15) is 110 Å². The zero-order chi connectivity index (χ0) is 18.6. The van der Waals surface area contributed by atoms with E-state index in [0.29, 0.717) is 0 Å². The highest BCUT2D eigenvalue weighted by atomic mass is 32.1. The Morgan fingerprint density at radius 3 is 1.76 bits per heavy atom. The standard InChI is InChI=1S/C22H44N2S/c1-4-6-7-8-9-10-11-12-13-14-15-19-22(25)24-20-17-16-18-21(3)23-5-2/h23H,3-20H2,1-2H3,(H,24,25). The Morgan fingerprint density at radius 2 is 1.20 bits per heavy atom. The van der Waals surface area contributed by atoms with Crippen molar-refractivity contribution < 1.29 is 0 Å². The van der Waals surface area contributed by atoms with Gasteiger partial charge in [-0.25, -0.2) is 0 Å². The molecule has 0 amide bonds. The molecule has 0 radical (unpaired) electrons. The van der Waals surface area contributed by atoms with Gasteiger partial charge >= 0.3 is 0 Å². The Labute approximate surface area is 163 Å². The molecule has 0 aliphatic carbocycles. The fourth-order valence-electron chi connectivity index (χ4n) is 3.07. The van der Waals surface area contributed by atoms with Crippen LogP contribution in [0.5, 0.6) is 0 Å². The van der Waals surface area contributed by atoms with Crippen molar-refractivity contribution in [2.45, 2.75) is 110 Å². The first-order valence-electron chi connectivity index (χ1n) is 10.9. The molecule has 0 fully saturated rings. The Bertz CT molecular complexity index is 315. The predicted molar refractivity (Wildman–Crippen MR) is 118 cm³/mol. The first kappa shape index (κ1) is 24.4. The monoisotopic (exact) mass is 368 g/mol. The molecule has 0 rings (SSSR count). The molecule has 25 heavy (non-hydrogen) atoms. The Hall–Kier alpha value is -0.570. The fraction of sp³-hybridized carbons (Fsp3) is 0.864. The maximum absolute atomic E-state index is 5.43. The summed E-state index contributed by atoms with van der Waals surface area (Å²) in [5, 5.41) is 6.67. The van der Waals surface area contributed by atoms with Gasteiger partial charge in [-0.1, -0.05) is 89.9 Å². The smallest absolute Gasteiger partial charge is 0.0753 e. The van der Waals surface area contributed by atoms with Crippen molar-refractivity contribution in [3.63, 3.8) is 0 Å². The van der Waals surface area contributed by atoms with Crippen molar-refractivity contribution in [1.29, 1.82) is 0 Å². The third kappa shape index (κ3) is 19.6. The van der Waals surface area contributed by atoms with Crippen LogP contribution in [0.25, 0.3) is 0 Å². The molecule has 3 heteroatoms. The van der Waals surface area contributed by atoms with Crippen molar-refractivity contribution in [3.8, 4) is 0 Å². The van der Waals surface area contributed by atoms with E-state index in [1.165, 1.54) is 83.5 Å². The van der Waals surface area contributed by atoms with Gasteiger partial charge in [0.1, 0.15) is 0 Å². The molecule has 0 bridgehead atoms. The largest absolute Gasteiger partial charge is 0.389 e. The van der Waals surface area contributed by atoms with Crippen molar-refractivity contribution >= 4 is 17.2 Å². The lowest BCUT2D eigenvalue weighted by atomic mass is 10.1. The topological polar surface area (TPSA) is 24.1 Å². The van der Waals surface area contributed by atoms with E-state index in [0.717, 1.165) is 36.6 Å². The van der Waals surface area contributed by atoms with Gasteiger partial charge in [0.15, 0.2) is 0 Å². The highest BCUT2D eigenvalue weighted by Gasteiger charge is 1.98. The Morgan fingerprint density at radius 1 is 0.680 bits per heavy atom. The lowest BCUT2D eigenvalue weighted by molar-refractivity contribution is 0.551. The van der Waals surface area contributed by atoms with E-state index in [-0.39, 0.29) is 0 Å². The molecule has 0 spiro atoms. The number of rotatable bonds is 19. The van der Waals surface area contributed by atoms with Gasteiger partial charge in [-0.2, -0.15) is 0 Å². The summed E-state index contributed by atoms with van der Waals surface area (Å²) in [4.78, 5) is 1.06. The molecule has 0 aromatic heterocycles. The maximum Gasteiger partial charge on any atom is 0.0753 e. The van der Waals surface area contributed by atoms with Crippen molar-refractivity contribution in [2.24, 2.45) is 0 Å². The van der Waals surface area contributed by atoms with Gasteiger partial charge in [0, 0.05) is 18.8 Å². The summed E-state index contributed by atoms with van der Waals surface area (Å²) in [5.41, 5.74) is 1.16. The molecule has 0 aromatic carbocycles. The zero-order valence-corrected chi connectivity index (χ0v) is 18.0. The van der Waals surface area contributed by atoms with Gasteiger partial charge < -0.3 is 10.6 Å². The van der Waals surface area contributed by atoms with E-state index in [2.05, 4.69) is 31.1 Å². The summed E-state index contributed by atoms with van der Waals surface area (Å²) >= 11 is 5.43. The number of hydrogen-bond donors (Lipinski definition) is 2. The molecule has 2 N–H and O–H groups in total. The number of hydrogen-bond acceptors (Lipinski definition) is 2. The van der Waals surface area contributed by atoms with E-state index < -0.39 is 0 Å². The van der Waals surface area contributed by atoms with E-state index in [1.54, 1.807) is 0 Å². The third-order valence-corrected chi connectivity index (χ3v) is 5.01. The van der Waals surface area contributed by atoms with Crippen LogP contribution >= 0.6 is 12.2 Å². The molecule has 0 saturated carbocycles. The SMILES string of the molecule is C=C(CCCCNC(=S)CCCCCCCCCCCCC)NCC. The van der Waals surface area contributed by atoms with E-state index in [9.17, 15) is 0 Å². The summed E-state index contributed by atoms with van der Waals surface area (Å²) in [5.74, 6) is 0. The minimum Gasteiger partial charge on any atom is -0.389 e. The van der Waals surface area contributed by atoms with E-state index in [1.807, 2.05) is 0 Å². The van der Waals surface area contributed by atoms with E-state index >= 15 is 0 Å². The van der Waals surface area contributed by atoms with Crippen LogP contribution in [-0.4, -0.2) is 18.1 Å². The quantitative estimate of drug-likeness (QED) is 0.191. The molecule has 0 aliphatic heterocycles. The second-order valence-corrected chi connectivity index (χ2v) is 7.72. The van der Waals surface area contributed by atoms with Crippen molar-refractivity contribution in [3.05, 3.63) is 12.3 Å². The van der Waals surface area contributed by atoms with E-state index in [4.69, 9.17) is 12.2 Å². The molecular weight excluding hydrogens is 324 g/mol. The average Bonchev–Trinajstić information content (AvgIpc) is 2.59. The van der Waals surface area contributed by atoms with Crippen LogP contribution in [0.2, 0.25) is 0 Å². The second-order valence-electron chi connectivity index (χ2n) is 7.23. The van der Waals surface area contributed by atoms with Gasteiger partial charge in [0.25, 0.3) is 0 Å². The molecule has 0 aliphatic rings. The van der Waals surface area contributed by atoms with Crippen LogP contribution in [0, 0.1) is 0 Å². The molecule has 0 saturated heterocycles. The van der Waals surface area contributed by atoms with Crippen LogP contribution in [-0.2, 0) is 0 Å². The maximum atomic E-state index is 5.43. The van der Waals surface area contributed by atoms with Gasteiger partial charge in [-0.15, -0.1) is 0 Å². The van der Waals surface area contributed by atoms with Crippen molar-refractivity contribution in [2.75, 3.05) is 13.1 Å². The lowest BCUT2D eigenvalue weighted by Gasteiger charge is -2.09. The van der Waals surface area contributed by atoms with Crippen LogP contribution in [0.15, 0.2) is 12.3 Å². The summed E-state index contributed by atoms with van der Waals surface area (Å²) in [6.45, 7) is 10.4. The molecule has 148 valence electrons. The summed E-state index contributed by atoms with van der Waals surface area (Å²) < 4.78 is 0.